The number of para-hydroxylation sites is 1. The van der Waals surface area contributed by atoms with Crippen LogP contribution in [0.4, 0.5) is 0 Å². The third-order valence-electron chi connectivity index (χ3n) is 4.35. The molecule has 2 aromatic carbocycles. The van der Waals surface area contributed by atoms with Gasteiger partial charge in [-0.25, -0.2) is 0 Å². The molecule has 1 unspecified atom stereocenters. The van der Waals surface area contributed by atoms with E-state index in [4.69, 9.17) is 0 Å². The summed E-state index contributed by atoms with van der Waals surface area (Å²) < 4.78 is 0. The van der Waals surface area contributed by atoms with E-state index < -0.39 is 0 Å². The molecule has 0 radical (unpaired) electrons. The second-order valence-electron chi connectivity index (χ2n) is 5.69. The number of fused-ring (bicyclic) bond motifs is 2. The van der Waals surface area contributed by atoms with Crippen molar-refractivity contribution in [1.82, 2.24) is 9.97 Å². The molecule has 0 bridgehead atoms. The number of hydrogen-bond donors (Lipinski definition) is 1. The van der Waals surface area contributed by atoms with Crippen molar-refractivity contribution in [3.05, 3.63) is 78.2 Å². The predicted octanol–water partition coefficient (Wildman–Crippen LogP) is 4.57. The number of benzene rings is 2. The molecule has 3 heteroatoms. The van der Waals surface area contributed by atoms with E-state index in [9.17, 15) is 5.26 Å². The van der Waals surface area contributed by atoms with Crippen LogP contribution in [0.2, 0.25) is 0 Å². The van der Waals surface area contributed by atoms with Gasteiger partial charge in [-0.3, -0.25) is 4.98 Å². The summed E-state index contributed by atoms with van der Waals surface area (Å²) in [5, 5.41) is 13.1. The van der Waals surface area contributed by atoms with Gasteiger partial charge < -0.3 is 4.98 Å². The van der Waals surface area contributed by atoms with Gasteiger partial charge in [0.1, 0.15) is 0 Å². The first-order chi connectivity index (χ1) is 11.4. The van der Waals surface area contributed by atoms with Crippen molar-refractivity contribution in [3.8, 4) is 6.07 Å². The molecule has 0 saturated carbocycles. The number of hydrogen-bond acceptors (Lipinski definition) is 2. The molecule has 4 aromatic rings. The lowest BCUT2D eigenvalue weighted by atomic mass is 9.91. The number of rotatable bonds is 3. The quantitative estimate of drug-likeness (QED) is 0.602. The second kappa shape index (κ2) is 5.58. The Morgan fingerprint density at radius 3 is 2.87 bits per heavy atom. The molecule has 1 atom stereocenters. The fraction of sp³-hybridized carbons (Fsp3) is 0.100. The summed E-state index contributed by atoms with van der Waals surface area (Å²) >= 11 is 0. The van der Waals surface area contributed by atoms with Crippen LogP contribution in [0.25, 0.3) is 21.7 Å². The van der Waals surface area contributed by atoms with Gasteiger partial charge in [-0.15, -0.1) is 0 Å². The van der Waals surface area contributed by atoms with E-state index >= 15 is 0 Å². The number of aromatic nitrogens is 2. The van der Waals surface area contributed by atoms with Crippen molar-refractivity contribution in [2.75, 3.05) is 0 Å². The van der Waals surface area contributed by atoms with Gasteiger partial charge in [-0.05, 0) is 35.1 Å². The Kier molecular flexibility index (Phi) is 3.29. The lowest BCUT2D eigenvalue weighted by Gasteiger charge is -2.11. The van der Waals surface area contributed by atoms with Gasteiger partial charge in [0.2, 0.25) is 0 Å². The first-order valence-electron chi connectivity index (χ1n) is 7.64. The van der Waals surface area contributed by atoms with Crippen molar-refractivity contribution >= 4 is 21.7 Å². The topological polar surface area (TPSA) is 52.5 Å². The Morgan fingerprint density at radius 2 is 1.96 bits per heavy atom. The van der Waals surface area contributed by atoms with Crippen LogP contribution >= 0.6 is 0 Å². The molecule has 110 valence electrons. The van der Waals surface area contributed by atoms with Crippen LogP contribution in [0.15, 0.2) is 67.1 Å². The zero-order valence-corrected chi connectivity index (χ0v) is 12.5. The summed E-state index contributed by atoms with van der Waals surface area (Å²) in [5.74, 6) is -0.176. The standard InChI is InChI=1S/C20H15N3/c21-11-16(19-13-23-20-7-2-1-6-18(19)20)10-14-4-3-5-15-12-22-9-8-17(14)15/h1-9,12-13,16,23H,10H2. The van der Waals surface area contributed by atoms with Crippen LogP contribution in [0.1, 0.15) is 17.0 Å². The van der Waals surface area contributed by atoms with E-state index in [0.717, 1.165) is 21.9 Å². The SMILES string of the molecule is N#CC(Cc1cccc2cnccc12)c1c[nH]c2ccccc12. The van der Waals surface area contributed by atoms with E-state index in [-0.39, 0.29) is 5.92 Å². The largest absolute Gasteiger partial charge is 0.361 e. The number of nitrogens with zero attached hydrogens (tertiary/aromatic N) is 2. The van der Waals surface area contributed by atoms with E-state index in [1.807, 2.05) is 42.7 Å². The molecule has 0 fully saturated rings. The predicted molar refractivity (Wildman–Crippen MR) is 92.1 cm³/mol. The Labute approximate surface area is 134 Å². The van der Waals surface area contributed by atoms with Gasteiger partial charge in [0.15, 0.2) is 0 Å². The number of pyridine rings is 1. The molecule has 2 aromatic heterocycles. The number of H-pyrrole nitrogens is 1. The maximum atomic E-state index is 9.71. The molecular weight excluding hydrogens is 282 g/mol. The van der Waals surface area contributed by atoms with Gasteiger partial charge in [-0.2, -0.15) is 5.26 Å². The van der Waals surface area contributed by atoms with E-state index in [0.29, 0.717) is 6.42 Å². The highest BCUT2D eigenvalue weighted by Gasteiger charge is 2.17. The highest BCUT2D eigenvalue weighted by Crippen LogP contribution is 2.30. The summed E-state index contributed by atoms with van der Waals surface area (Å²) in [6.07, 6.45) is 6.33. The molecule has 0 spiro atoms. The molecule has 0 amide bonds. The minimum Gasteiger partial charge on any atom is -0.361 e. The van der Waals surface area contributed by atoms with Crippen molar-refractivity contribution in [2.24, 2.45) is 0 Å². The number of nitrogens with one attached hydrogen (secondary N) is 1. The van der Waals surface area contributed by atoms with E-state index in [2.05, 4.69) is 34.2 Å². The minimum absolute atomic E-state index is 0.176. The molecule has 3 nitrogen and oxygen atoms in total. The Morgan fingerprint density at radius 1 is 1.04 bits per heavy atom. The molecule has 2 heterocycles. The molecule has 0 aliphatic rings. The van der Waals surface area contributed by atoms with Gasteiger partial charge >= 0.3 is 0 Å². The van der Waals surface area contributed by atoms with Gasteiger partial charge in [-0.1, -0.05) is 36.4 Å². The highest BCUT2D eigenvalue weighted by molar-refractivity contribution is 5.86. The molecular formula is C20H15N3. The normalized spacial score (nSPS) is 12.3. The molecule has 1 N–H and O–H groups in total. The molecule has 23 heavy (non-hydrogen) atoms. The van der Waals surface area contributed by atoms with Crippen molar-refractivity contribution in [1.29, 1.82) is 5.26 Å². The van der Waals surface area contributed by atoms with Crippen LogP contribution in [0.5, 0.6) is 0 Å². The van der Waals surface area contributed by atoms with E-state index in [1.54, 1.807) is 6.20 Å². The second-order valence-corrected chi connectivity index (χ2v) is 5.69. The van der Waals surface area contributed by atoms with Crippen molar-refractivity contribution in [2.45, 2.75) is 12.3 Å². The monoisotopic (exact) mass is 297 g/mol. The lowest BCUT2D eigenvalue weighted by molar-refractivity contribution is 0.862. The Balaban J connectivity index is 1.78. The summed E-state index contributed by atoms with van der Waals surface area (Å²) in [7, 11) is 0. The van der Waals surface area contributed by atoms with Gasteiger partial charge in [0, 0.05) is 34.9 Å². The van der Waals surface area contributed by atoms with Gasteiger partial charge in [0.05, 0.1) is 12.0 Å². The number of nitriles is 1. The minimum atomic E-state index is -0.176. The van der Waals surface area contributed by atoms with Crippen molar-refractivity contribution in [3.63, 3.8) is 0 Å². The smallest absolute Gasteiger partial charge is 0.0773 e. The van der Waals surface area contributed by atoms with Crippen molar-refractivity contribution < 1.29 is 0 Å². The van der Waals surface area contributed by atoms with Gasteiger partial charge in [0.25, 0.3) is 0 Å². The van der Waals surface area contributed by atoms with Crippen LogP contribution in [0.3, 0.4) is 0 Å². The summed E-state index contributed by atoms with van der Waals surface area (Å²) in [6.45, 7) is 0. The average Bonchev–Trinajstić information content (AvgIpc) is 3.04. The lowest BCUT2D eigenvalue weighted by Crippen LogP contribution is -2.00. The molecule has 0 aliphatic carbocycles. The summed E-state index contributed by atoms with van der Waals surface area (Å²) in [4.78, 5) is 7.44. The third kappa shape index (κ3) is 2.35. The fourth-order valence-electron chi connectivity index (χ4n) is 3.19. The zero-order chi connectivity index (χ0) is 15.6. The maximum Gasteiger partial charge on any atom is 0.0773 e. The third-order valence-corrected chi connectivity index (χ3v) is 4.35. The van der Waals surface area contributed by atoms with Crippen LogP contribution in [-0.4, -0.2) is 9.97 Å². The summed E-state index contributed by atoms with van der Waals surface area (Å²) in [6, 6.07) is 18.8. The maximum absolute atomic E-state index is 9.71. The molecule has 0 aliphatic heterocycles. The van der Waals surface area contributed by atoms with E-state index in [1.165, 1.54) is 10.9 Å². The average molecular weight is 297 g/mol. The summed E-state index contributed by atoms with van der Waals surface area (Å²) in [5.41, 5.74) is 3.32. The first-order valence-corrected chi connectivity index (χ1v) is 7.64. The fourth-order valence-corrected chi connectivity index (χ4v) is 3.19. The number of aromatic amines is 1. The van der Waals surface area contributed by atoms with Crippen LogP contribution in [0, 0.1) is 11.3 Å². The molecule has 0 saturated heterocycles. The Hall–Kier alpha value is -3.12. The molecule has 4 rings (SSSR count). The van der Waals surface area contributed by atoms with Crippen LogP contribution < -0.4 is 0 Å². The first kappa shape index (κ1) is 13.5. The van der Waals surface area contributed by atoms with Crippen LogP contribution in [-0.2, 0) is 6.42 Å². The Bertz CT molecular complexity index is 1020. The zero-order valence-electron chi connectivity index (χ0n) is 12.5. The highest BCUT2D eigenvalue weighted by atomic mass is 14.7.